The third-order valence-electron chi connectivity index (χ3n) is 5.17. The zero-order valence-electron chi connectivity index (χ0n) is 16.5. The molecule has 1 aliphatic rings. The van der Waals surface area contributed by atoms with Crippen LogP contribution in [0.2, 0.25) is 5.02 Å². The van der Waals surface area contributed by atoms with Crippen LogP contribution in [0.3, 0.4) is 0 Å². The topological polar surface area (TPSA) is 75.7 Å². The number of hydrogen-bond donors (Lipinski definition) is 1. The average molecular weight is 437 g/mol. The number of rotatable bonds is 6. The monoisotopic (exact) mass is 436 g/mol. The van der Waals surface area contributed by atoms with Crippen molar-refractivity contribution in [1.29, 1.82) is 0 Å². The van der Waals surface area contributed by atoms with Crippen molar-refractivity contribution >= 4 is 27.5 Å². The summed E-state index contributed by atoms with van der Waals surface area (Å²) in [4.78, 5) is 13.0. The van der Waals surface area contributed by atoms with E-state index in [1.165, 1.54) is 16.4 Å². The number of piperidine rings is 1. The molecule has 1 N–H and O–H groups in total. The maximum atomic E-state index is 12.9. The van der Waals surface area contributed by atoms with E-state index in [4.69, 9.17) is 16.3 Å². The number of sulfonamides is 1. The molecule has 0 bridgehead atoms. The van der Waals surface area contributed by atoms with Gasteiger partial charge in [0.05, 0.1) is 24.0 Å². The normalized spacial score (nSPS) is 18.8. The van der Waals surface area contributed by atoms with Crippen LogP contribution in [-0.2, 0) is 14.8 Å². The van der Waals surface area contributed by atoms with Crippen LogP contribution in [0.25, 0.3) is 0 Å². The molecule has 2 atom stereocenters. The van der Waals surface area contributed by atoms with Gasteiger partial charge in [-0.05, 0) is 50.1 Å². The van der Waals surface area contributed by atoms with E-state index in [1.807, 2.05) is 31.2 Å². The molecule has 1 amide bonds. The Hall–Kier alpha value is -2.09. The number of methoxy groups -OCH3 is 1. The molecule has 8 heteroatoms. The van der Waals surface area contributed by atoms with Crippen molar-refractivity contribution in [2.45, 2.75) is 30.7 Å². The first-order chi connectivity index (χ1) is 13.8. The summed E-state index contributed by atoms with van der Waals surface area (Å²) in [5.41, 5.74) is 0.879. The zero-order valence-corrected chi connectivity index (χ0v) is 18.0. The number of benzene rings is 2. The van der Waals surface area contributed by atoms with E-state index in [0.717, 1.165) is 5.56 Å². The first kappa shape index (κ1) is 21.6. The van der Waals surface area contributed by atoms with Gasteiger partial charge in [-0.25, -0.2) is 8.42 Å². The first-order valence-corrected chi connectivity index (χ1v) is 11.3. The summed E-state index contributed by atoms with van der Waals surface area (Å²) in [5, 5.41) is 3.48. The summed E-state index contributed by atoms with van der Waals surface area (Å²) in [6.45, 7) is 2.45. The fraction of sp³-hybridized carbons (Fsp3) is 0.381. The molecule has 29 heavy (non-hydrogen) atoms. The third kappa shape index (κ3) is 4.91. The smallest absolute Gasteiger partial charge is 0.243 e. The Bertz CT molecular complexity index is 963. The van der Waals surface area contributed by atoms with Crippen molar-refractivity contribution in [3.8, 4) is 5.75 Å². The van der Waals surface area contributed by atoms with Crippen molar-refractivity contribution in [1.82, 2.24) is 9.62 Å². The van der Waals surface area contributed by atoms with E-state index >= 15 is 0 Å². The number of amides is 1. The van der Waals surface area contributed by atoms with E-state index in [1.54, 1.807) is 19.2 Å². The summed E-state index contributed by atoms with van der Waals surface area (Å²) in [5.74, 6) is 0.151. The molecule has 2 aromatic rings. The van der Waals surface area contributed by atoms with Gasteiger partial charge >= 0.3 is 0 Å². The van der Waals surface area contributed by atoms with Gasteiger partial charge in [-0.1, -0.05) is 29.8 Å². The van der Waals surface area contributed by atoms with Crippen LogP contribution in [-0.4, -0.2) is 38.8 Å². The molecule has 0 spiro atoms. The molecular formula is C21H25ClN2O4S. The molecule has 1 heterocycles. The number of nitrogens with zero attached hydrogens (tertiary/aromatic N) is 1. The molecule has 6 nitrogen and oxygen atoms in total. The molecular weight excluding hydrogens is 412 g/mol. The standard InChI is InChI=1S/C21H25ClN2O4S/c1-15(19-7-3-4-8-20(19)28-2)23-21(25)16-6-5-13-24(14-16)29(26,27)18-11-9-17(22)10-12-18/h3-4,7-12,15-16H,5-6,13-14H2,1-2H3,(H,23,25)/t15-,16-/m0/s1. The van der Waals surface area contributed by atoms with Crippen LogP contribution >= 0.6 is 11.6 Å². The Morgan fingerprint density at radius 3 is 2.59 bits per heavy atom. The number of carbonyl (C=O) groups is 1. The average Bonchev–Trinajstić information content (AvgIpc) is 2.74. The molecule has 0 aromatic heterocycles. The van der Waals surface area contributed by atoms with Crippen LogP contribution in [0.5, 0.6) is 5.75 Å². The van der Waals surface area contributed by atoms with Crippen LogP contribution < -0.4 is 10.1 Å². The lowest BCUT2D eigenvalue weighted by Gasteiger charge is -2.32. The molecule has 1 saturated heterocycles. The van der Waals surface area contributed by atoms with Crippen molar-refractivity contribution < 1.29 is 17.9 Å². The molecule has 2 aromatic carbocycles. The zero-order chi connectivity index (χ0) is 21.0. The van der Waals surface area contributed by atoms with E-state index in [2.05, 4.69) is 5.32 Å². The van der Waals surface area contributed by atoms with Crippen LogP contribution in [0.1, 0.15) is 31.4 Å². The summed E-state index contributed by atoms with van der Waals surface area (Å²) in [6.07, 6.45) is 1.28. The van der Waals surface area contributed by atoms with Gasteiger partial charge in [0.2, 0.25) is 15.9 Å². The summed E-state index contributed by atoms with van der Waals surface area (Å²) >= 11 is 5.86. The second kappa shape index (κ2) is 9.15. The molecule has 1 fully saturated rings. The minimum Gasteiger partial charge on any atom is -0.496 e. The molecule has 3 rings (SSSR count). The van der Waals surface area contributed by atoms with E-state index in [9.17, 15) is 13.2 Å². The Labute approximate surface area is 176 Å². The highest BCUT2D eigenvalue weighted by Crippen LogP contribution is 2.27. The van der Waals surface area contributed by atoms with Crippen molar-refractivity contribution in [2.75, 3.05) is 20.2 Å². The number of ether oxygens (including phenoxy) is 1. The summed E-state index contributed by atoms with van der Waals surface area (Å²) in [6, 6.07) is 13.4. The van der Waals surface area contributed by atoms with Gasteiger partial charge < -0.3 is 10.1 Å². The molecule has 0 radical (unpaired) electrons. The van der Waals surface area contributed by atoms with Crippen molar-refractivity contribution in [2.24, 2.45) is 5.92 Å². The number of hydrogen-bond acceptors (Lipinski definition) is 4. The number of halogens is 1. The fourth-order valence-corrected chi connectivity index (χ4v) is 5.21. The number of nitrogens with one attached hydrogen (secondary N) is 1. The molecule has 0 saturated carbocycles. The first-order valence-electron chi connectivity index (χ1n) is 9.52. The summed E-state index contributed by atoms with van der Waals surface area (Å²) in [7, 11) is -2.07. The van der Waals surface area contributed by atoms with Crippen LogP contribution in [0, 0.1) is 5.92 Å². The fourth-order valence-electron chi connectivity index (χ4n) is 3.56. The maximum Gasteiger partial charge on any atom is 0.243 e. The maximum absolute atomic E-state index is 12.9. The minimum atomic E-state index is -3.66. The highest BCUT2D eigenvalue weighted by atomic mass is 35.5. The lowest BCUT2D eigenvalue weighted by molar-refractivity contribution is -0.126. The second-order valence-electron chi connectivity index (χ2n) is 7.13. The van der Waals surface area contributed by atoms with Gasteiger partial charge in [-0.2, -0.15) is 4.31 Å². The Morgan fingerprint density at radius 1 is 1.21 bits per heavy atom. The molecule has 0 aliphatic carbocycles. The Morgan fingerprint density at radius 2 is 1.90 bits per heavy atom. The lowest BCUT2D eigenvalue weighted by Crippen LogP contribution is -2.45. The van der Waals surface area contributed by atoms with E-state index in [-0.39, 0.29) is 23.4 Å². The predicted octanol–water partition coefficient (Wildman–Crippen LogP) is 3.63. The van der Waals surface area contributed by atoms with Gasteiger partial charge in [0, 0.05) is 23.7 Å². The van der Waals surface area contributed by atoms with E-state index in [0.29, 0.717) is 30.2 Å². The van der Waals surface area contributed by atoms with Crippen LogP contribution in [0.15, 0.2) is 53.4 Å². The predicted molar refractivity (Wildman–Crippen MR) is 112 cm³/mol. The molecule has 156 valence electrons. The van der Waals surface area contributed by atoms with Gasteiger partial charge in [0.25, 0.3) is 0 Å². The Kier molecular flexibility index (Phi) is 6.82. The van der Waals surface area contributed by atoms with Crippen molar-refractivity contribution in [3.05, 3.63) is 59.1 Å². The van der Waals surface area contributed by atoms with Gasteiger partial charge in [0.15, 0.2) is 0 Å². The largest absolute Gasteiger partial charge is 0.496 e. The Balaban J connectivity index is 1.70. The lowest BCUT2D eigenvalue weighted by atomic mass is 9.97. The molecule has 1 aliphatic heterocycles. The highest BCUT2D eigenvalue weighted by molar-refractivity contribution is 7.89. The van der Waals surface area contributed by atoms with Crippen molar-refractivity contribution in [3.63, 3.8) is 0 Å². The van der Waals surface area contributed by atoms with Gasteiger partial charge in [-0.3, -0.25) is 4.79 Å². The SMILES string of the molecule is COc1ccccc1[C@H](C)NC(=O)[C@H]1CCCN(S(=O)(=O)c2ccc(Cl)cc2)C1. The quantitative estimate of drug-likeness (QED) is 0.750. The third-order valence-corrected chi connectivity index (χ3v) is 7.30. The number of para-hydroxylation sites is 1. The van der Waals surface area contributed by atoms with Crippen LogP contribution in [0.4, 0.5) is 0 Å². The number of carbonyl (C=O) groups excluding carboxylic acids is 1. The minimum absolute atomic E-state index is 0.153. The van der Waals surface area contributed by atoms with Gasteiger partial charge in [-0.15, -0.1) is 0 Å². The second-order valence-corrected chi connectivity index (χ2v) is 9.50. The highest BCUT2D eigenvalue weighted by Gasteiger charge is 2.33. The molecule has 0 unspecified atom stereocenters. The summed E-state index contributed by atoms with van der Waals surface area (Å²) < 4.78 is 32.6. The van der Waals surface area contributed by atoms with E-state index < -0.39 is 15.9 Å². The van der Waals surface area contributed by atoms with Gasteiger partial charge in [0.1, 0.15) is 5.75 Å².